The number of carbonyl (C=O) groups excluding carboxylic acids is 1. The van der Waals surface area contributed by atoms with Crippen LogP contribution in [0.2, 0.25) is 0 Å². The first-order chi connectivity index (χ1) is 9.79. The minimum absolute atomic E-state index is 0.0573. The molecule has 3 rings (SSSR count). The van der Waals surface area contributed by atoms with Crippen LogP contribution in [0.25, 0.3) is 0 Å². The molecule has 2 nitrogen and oxygen atoms in total. The lowest BCUT2D eigenvalue weighted by molar-refractivity contribution is 0.0982. The second-order valence-corrected chi connectivity index (χ2v) is 6.24. The highest BCUT2D eigenvalue weighted by Crippen LogP contribution is 2.32. The van der Waals surface area contributed by atoms with Crippen molar-refractivity contribution in [3.05, 3.63) is 57.3 Å². The highest BCUT2D eigenvalue weighted by Gasteiger charge is 2.25. The Hall–Kier alpha value is -1.92. The van der Waals surface area contributed by atoms with Gasteiger partial charge < -0.3 is 0 Å². The largest absolute Gasteiger partial charge is 0.291 e. The first kappa shape index (κ1) is 13.1. The van der Waals surface area contributed by atoms with Gasteiger partial charge in [-0.3, -0.25) is 4.79 Å². The van der Waals surface area contributed by atoms with E-state index in [0.717, 1.165) is 23.3 Å². The number of hydrogen-bond acceptors (Lipinski definition) is 3. The topological polar surface area (TPSA) is 40.9 Å². The van der Waals surface area contributed by atoms with Crippen LogP contribution in [-0.2, 0) is 12.8 Å². The molecule has 2 aromatic rings. The van der Waals surface area contributed by atoms with Crippen LogP contribution in [0.3, 0.4) is 0 Å². The second-order valence-electron chi connectivity index (χ2n) is 5.10. The summed E-state index contributed by atoms with van der Waals surface area (Å²) in [5.74, 6) is -0.741. The normalized spacial score (nSPS) is 15.2. The maximum absolute atomic E-state index is 12.6. The minimum Gasteiger partial charge on any atom is -0.291 e. The number of benzene rings is 1. The molecule has 1 atom stereocenters. The summed E-state index contributed by atoms with van der Waals surface area (Å²) in [6, 6.07) is 13.5. The van der Waals surface area contributed by atoms with Gasteiger partial charge in [-0.2, -0.15) is 5.26 Å². The zero-order chi connectivity index (χ0) is 13.9. The summed E-state index contributed by atoms with van der Waals surface area (Å²) < 4.78 is 0. The van der Waals surface area contributed by atoms with Gasteiger partial charge in [0, 0.05) is 4.88 Å². The summed E-state index contributed by atoms with van der Waals surface area (Å²) in [4.78, 5) is 14.7. The second kappa shape index (κ2) is 5.60. The molecular weight excluding hydrogens is 266 g/mol. The lowest BCUT2D eigenvalue weighted by Crippen LogP contribution is -2.09. The molecule has 0 spiro atoms. The van der Waals surface area contributed by atoms with Crippen molar-refractivity contribution in [1.29, 1.82) is 5.26 Å². The molecule has 0 bridgehead atoms. The Balaban J connectivity index is 1.91. The van der Waals surface area contributed by atoms with E-state index in [2.05, 4.69) is 6.07 Å². The molecule has 0 aliphatic heterocycles. The number of fused-ring (bicyclic) bond motifs is 1. The smallest absolute Gasteiger partial charge is 0.194 e. The monoisotopic (exact) mass is 281 g/mol. The fourth-order valence-electron chi connectivity index (χ4n) is 2.68. The van der Waals surface area contributed by atoms with Crippen molar-refractivity contribution in [2.75, 3.05) is 0 Å². The molecule has 0 amide bonds. The molecule has 1 aliphatic carbocycles. The predicted molar refractivity (Wildman–Crippen MR) is 80.1 cm³/mol. The van der Waals surface area contributed by atoms with Crippen molar-refractivity contribution < 1.29 is 4.79 Å². The van der Waals surface area contributed by atoms with Crippen molar-refractivity contribution in [2.45, 2.75) is 31.6 Å². The SMILES string of the molecule is N#CC(C(=O)c1cc2c(s1)CCCC2)c1ccccc1. The van der Waals surface area contributed by atoms with Crippen LogP contribution in [0.15, 0.2) is 36.4 Å². The Morgan fingerprint density at radius 1 is 1.20 bits per heavy atom. The average molecular weight is 281 g/mol. The van der Waals surface area contributed by atoms with Gasteiger partial charge in [-0.1, -0.05) is 30.3 Å². The van der Waals surface area contributed by atoms with Gasteiger partial charge in [0.2, 0.25) is 0 Å². The molecule has 0 N–H and O–H groups in total. The van der Waals surface area contributed by atoms with Gasteiger partial charge >= 0.3 is 0 Å². The quantitative estimate of drug-likeness (QED) is 0.794. The number of rotatable bonds is 3. The number of aryl methyl sites for hydroxylation is 2. The first-order valence-corrected chi connectivity index (χ1v) is 7.71. The Labute approximate surface area is 122 Å². The number of nitriles is 1. The Morgan fingerprint density at radius 2 is 1.95 bits per heavy atom. The number of carbonyl (C=O) groups is 1. The van der Waals surface area contributed by atoms with E-state index in [-0.39, 0.29) is 5.78 Å². The van der Waals surface area contributed by atoms with Crippen LogP contribution in [0, 0.1) is 11.3 Å². The van der Waals surface area contributed by atoms with Crippen LogP contribution in [0.4, 0.5) is 0 Å². The maximum atomic E-state index is 12.6. The summed E-state index contributed by atoms with van der Waals surface area (Å²) in [7, 11) is 0. The molecule has 0 saturated carbocycles. The standard InChI is InChI=1S/C17H15NOS/c18-11-14(12-6-2-1-3-7-12)17(19)16-10-13-8-4-5-9-15(13)20-16/h1-3,6-7,10,14H,4-5,8-9H2. The molecule has 3 heteroatoms. The molecule has 100 valence electrons. The number of nitrogens with zero attached hydrogens (tertiary/aromatic N) is 1. The van der Waals surface area contributed by atoms with Gasteiger partial charge in [0.25, 0.3) is 0 Å². The zero-order valence-electron chi connectivity index (χ0n) is 11.1. The number of thiophene rings is 1. The van der Waals surface area contributed by atoms with E-state index >= 15 is 0 Å². The first-order valence-electron chi connectivity index (χ1n) is 6.90. The summed E-state index contributed by atoms with van der Waals surface area (Å²) in [5, 5.41) is 9.35. The lowest BCUT2D eigenvalue weighted by Gasteiger charge is -2.08. The van der Waals surface area contributed by atoms with Crippen LogP contribution in [0.1, 0.15) is 44.4 Å². The summed E-state index contributed by atoms with van der Waals surface area (Å²) >= 11 is 1.58. The van der Waals surface area contributed by atoms with Crippen molar-refractivity contribution >= 4 is 17.1 Å². The van der Waals surface area contributed by atoms with Gasteiger partial charge in [-0.05, 0) is 42.9 Å². The fourth-order valence-corrected chi connectivity index (χ4v) is 3.91. The van der Waals surface area contributed by atoms with E-state index in [0.29, 0.717) is 0 Å². The summed E-state index contributed by atoms with van der Waals surface area (Å²) in [5.41, 5.74) is 2.10. The van der Waals surface area contributed by atoms with Crippen LogP contribution in [0.5, 0.6) is 0 Å². The lowest BCUT2D eigenvalue weighted by atomic mass is 9.94. The van der Waals surface area contributed by atoms with Gasteiger partial charge in [-0.25, -0.2) is 0 Å². The average Bonchev–Trinajstić information content (AvgIpc) is 2.93. The van der Waals surface area contributed by atoms with Gasteiger partial charge in [0.05, 0.1) is 10.9 Å². The molecule has 0 radical (unpaired) electrons. The van der Waals surface area contributed by atoms with Crippen LogP contribution < -0.4 is 0 Å². The molecule has 1 unspecified atom stereocenters. The number of ketones is 1. The molecule has 1 heterocycles. The maximum Gasteiger partial charge on any atom is 0.194 e. The highest BCUT2D eigenvalue weighted by atomic mass is 32.1. The van der Waals surface area contributed by atoms with Crippen molar-refractivity contribution in [3.8, 4) is 6.07 Å². The Morgan fingerprint density at radius 3 is 2.65 bits per heavy atom. The summed E-state index contributed by atoms with van der Waals surface area (Å²) in [6.07, 6.45) is 4.57. The van der Waals surface area contributed by atoms with Gasteiger partial charge in [-0.15, -0.1) is 11.3 Å². The summed E-state index contributed by atoms with van der Waals surface area (Å²) in [6.45, 7) is 0. The number of hydrogen-bond donors (Lipinski definition) is 0. The van der Waals surface area contributed by atoms with Crippen molar-refractivity contribution in [3.63, 3.8) is 0 Å². The van der Waals surface area contributed by atoms with Gasteiger partial charge in [0.15, 0.2) is 5.78 Å². The molecule has 1 aliphatic rings. The third kappa shape index (κ3) is 2.39. The molecule has 0 fully saturated rings. The highest BCUT2D eigenvalue weighted by molar-refractivity contribution is 7.14. The number of Topliss-reactive ketones (excluding diaryl/α,β-unsaturated/α-hetero) is 1. The fraction of sp³-hybridized carbons (Fsp3) is 0.294. The third-order valence-electron chi connectivity index (χ3n) is 3.76. The predicted octanol–water partition coefficient (Wildman–Crippen LogP) is 4.12. The Bertz CT molecular complexity index is 643. The zero-order valence-corrected chi connectivity index (χ0v) is 12.0. The van der Waals surface area contributed by atoms with Crippen LogP contribution >= 0.6 is 11.3 Å². The van der Waals surface area contributed by atoms with E-state index in [1.807, 2.05) is 36.4 Å². The molecule has 1 aromatic carbocycles. The minimum atomic E-state index is -0.684. The van der Waals surface area contributed by atoms with Gasteiger partial charge in [0.1, 0.15) is 5.92 Å². The van der Waals surface area contributed by atoms with E-state index in [4.69, 9.17) is 0 Å². The van der Waals surface area contributed by atoms with Crippen molar-refractivity contribution in [1.82, 2.24) is 0 Å². The third-order valence-corrected chi connectivity index (χ3v) is 5.02. The van der Waals surface area contributed by atoms with E-state index < -0.39 is 5.92 Å². The van der Waals surface area contributed by atoms with Crippen LogP contribution in [-0.4, -0.2) is 5.78 Å². The molecule has 0 saturated heterocycles. The molecule has 1 aromatic heterocycles. The Kier molecular flexibility index (Phi) is 3.66. The van der Waals surface area contributed by atoms with Crippen molar-refractivity contribution in [2.24, 2.45) is 0 Å². The van der Waals surface area contributed by atoms with E-state index in [9.17, 15) is 10.1 Å². The van der Waals surface area contributed by atoms with E-state index in [1.54, 1.807) is 11.3 Å². The molecule has 20 heavy (non-hydrogen) atoms. The van der Waals surface area contributed by atoms with E-state index in [1.165, 1.54) is 23.3 Å². The molecular formula is C17H15NOS.